The van der Waals surface area contributed by atoms with Crippen LogP contribution in [-0.4, -0.2) is 11.7 Å². The molecule has 0 aliphatic heterocycles. The van der Waals surface area contributed by atoms with E-state index < -0.39 is 0 Å². The molecular formula is C2H7BrOPr. The van der Waals surface area contributed by atoms with E-state index in [4.69, 9.17) is 5.11 Å². The molecule has 0 aromatic carbocycles. The van der Waals surface area contributed by atoms with Gasteiger partial charge in [0.15, 0.2) is 0 Å². The molecule has 0 spiro atoms. The molecule has 0 saturated heterocycles. The van der Waals surface area contributed by atoms with Crippen molar-refractivity contribution in [3.05, 3.63) is 0 Å². The van der Waals surface area contributed by atoms with Gasteiger partial charge in [0.05, 0.1) is 0 Å². The molecule has 0 aliphatic rings. The molecule has 1 radical (unpaired) electrons. The van der Waals surface area contributed by atoms with Crippen LogP contribution in [0.4, 0.5) is 0 Å². The maximum atomic E-state index is 7.57. The summed E-state index contributed by atoms with van der Waals surface area (Å²) >= 11 is 0. The summed E-state index contributed by atoms with van der Waals surface area (Å²) < 4.78 is 0. The SMILES string of the molecule is Br.CCO.[Pr]. The zero-order valence-corrected chi connectivity index (χ0v) is 8.56. The van der Waals surface area contributed by atoms with E-state index >= 15 is 0 Å². The number of hydrogen-bond donors (Lipinski definition) is 1. The Labute approximate surface area is 75.9 Å². The number of aliphatic hydroxyl groups excluding tert-OH is 1. The average Bonchev–Trinajstić information content (AvgIpc) is 0.918. The van der Waals surface area contributed by atoms with Crippen molar-refractivity contribution in [2.75, 3.05) is 6.61 Å². The molecule has 0 amide bonds. The van der Waals surface area contributed by atoms with Gasteiger partial charge >= 0.3 is 0 Å². The molecule has 0 aromatic heterocycles. The molecule has 5 heavy (non-hydrogen) atoms. The van der Waals surface area contributed by atoms with Crippen molar-refractivity contribution in [3.63, 3.8) is 0 Å². The summed E-state index contributed by atoms with van der Waals surface area (Å²) in [4.78, 5) is 0. The predicted molar refractivity (Wildman–Crippen MR) is 23.1 cm³/mol. The third-order valence-corrected chi connectivity index (χ3v) is 0. The van der Waals surface area contributed by atoms with Crippen LogP contribution in [0.15, 0.2) is 0 Å². The van der Waals surface area contributed by atoms with E-state index in [2.05, 4.69) is 0 Å². The molecule has 0 bridgehead atoms. The topological polar surface area (TPSA) is 20.2 Å². The first-order valence-electron chi connectivity index (χ1n) is 1.02. The standard InChI is InChI=1S/C2H6O.BrH.Pr/c1-2-3;;/h3H,2H2,1H3;1H;. The minimum absolute atomic E-state index is 0. The molecule has 0 heterocycles. The number of rotatable bonds is 0. The smallest absolute Gasteiger partial charge is 0.0402 e. The van der Waals surface area contributed by atoms with E-state index in [1.54, 1.807) is 6.92 Å². The van der Waals surface area contributed by atoms with Crippen molar-refractivity contribution in [1.29, 1.82) is 0 Å². The molecule has 31 valence electrons. The molecule has 0 aliphatic carbocycles. The first-order valence-corrected chi connectivity index (χ1v) is 1.02. The van der Waals surface area contributed by atoms with Crippen LogP contribution in [0, 0.1) is 41.3 Å². The van der Waals surface area contributed by atoms with Crippen LogP contribution >= 0.6 is 17.0 Å². The molecule has 1 N–H and O–H groups in total. The van der Waals surface area contributed by atoms with E-state index in [0.29, 0.717) is 0 Å². The van der Waals surface area contributed by atoms with Crippen LogP contribution in [-0.2, 0) is 0 Å². The summed E-state index contributed by atoms with van der Waals surface area (Å²) in [5.74, 6) is 0. The Hall–Kier alpha value is 1.80. The van der Waals surface area contributed by atoms with Gasteiger partial charge in [-0.2, -0.15) is 0 Å². The third-order valence-electron chi connectivity index (χ3n) is 0. The fourth-order valence-electron chi connectivity index (χ4n) is 0. The van der Waals surface area contributed by atoms with Gasteiger partial charge in [0.25, 0.3) is 0 Å². The summed E-state index contributed by atoms with van der Waals surface area (Å²) in [6.45, 7) is 1.93. The van der Waals surface area contributed by atoms with Gasteiger partial charge in [-0.25, -0.2) is 0 Å². The van der Waals surface area contributed by atoms with Gasteiger partial charge in [0, 0.05) is 47.9 Å². The Morgan fingerprint density at radius 1 is 1.60 bits per heavy atom. The molecule has 0 rings (SSSR count). The second-order valence-electron chi connectivity index (χ2n) is 0.316. The molecule has 0 unspecified atom stereocenters. The molecule has 0 saturated carbocycles. The Balaban J connectivity index is -0.0000000200. The minimum atomic E-state index is 0. The zero-order chi connectivity index (χ0) is 2.71. The average molecular weight is 268 g/mol. The van der Waals surface area contributed by atoms with Gasteiger partial charge in [0.1, 0.15) is 0 Å². The molecule has 0 atom stereocenters. The fourth-order valence-corrected chi connectivity index (χ4v) is 0. The fraction of sp³-hybridized carbons (Fsp3) is 1.00. The van der Waals surface area contributed by atoms with Crippen molar-refractivity contribution in [3.8, 4) is 0 Å². The van der Waals surface area contributed by atoms with E-state index in [1.165, 1.54) is 0 Å². The normalized spacial score (nSPS) is 3.60. The van der Waals surface area contributed by atoms with Crippen molar-refractivity contribution >= 4 is 17.0 Å². The van der Waals surface area contributed by atoms with E-state index in [9.17, 15) is 0 Å². The predicted octanol–water partition coefficient (Wildman–Crippen LogP) is 0.577. The number of halogens is 1. The Morgan fingerprint density at radius 3 is 1.60 bits per heavy atom. The van der Waals surface area contributed by atoms with Crippen LogP contribution in [0.1, 0.15) is 6.92 Å². The summed E-state index contributed by atoms with van der Waals surface area (Å²) in [5.41, 5.74) is 0. The number of hydrogen-bond acceptors (Lipinski definition) is 1. The maximum absolute atomic E-state index is 7.57. The number of aliphatic hydroxyl groups is 1. The first kappa shape index (κ1) is 15.8. The summed E-state index contributed by atoms with van der Waals surface area (Å²) in [6.07, 6.45) is 0. The van der Waals surface area contributed by atoms with Crippen LogP contribution in [0.2, 0.25) is 0 Å². The second-order valence-corrected chi connectivity index (χ2v) is 0.316. The summed E-state index contributed by atoms with van der Waals surface area (Å²) in [5, 5.41) is 7.57. The summed E-state index contributed by atoms with van der Waals surface area (Å²) in [6, 6.07) is 0. The van der Waals surface area contributed by atoms with Gasteiger partial charge in [-0.1, -0.05) is 0 Å². The van der Waals surface area contributed by atoms with E-state index in [1.807, 2.05) is 0 Å². The Bertz CT molecular complexity index is 9.61. The van der Waals surface area contributed by atoms with Crippen molar-refractivity contribution < 1.29 is 46.4 Å². The molecule has 1 nitrogen and oxygen atoms in total. The first-order chi connectivity index (χ1) is 1.41. The van der Waals surface area contributed by atoms with Crippen molar-refractivity contribution in [2.45, 2.75) is 6.92 Å². The zero-order valence-electron chi connectivity index (χ0n) is 3.14. The monoisotopic (exact) mass is 267 g/mol. The van der Waals surface area contributed by atoms with Crippen LogP contribution in [0.3, 0.4) is 0 Å². The second kappa shape index (κ2) is 17.0. The maximum Gasteiger partial charge on any atom is 0.0402 e. The van der Waals surface area contributed by atoms with Gasteiger partial charge in [-0.05, 0) is 6.92 Å². The van der Waals surface area contributed by atoms with Crippen molar-refractivity contribution in [1.82, 2.24) is 0 Å². The van der Waals surface area contributed by atoms with Gasteiger partial charge in [-0.3, -0.25) is 0 Å². The minimum Gasteiger partial charge on any atom is -0.397 e. The van der Waals surface area contributed by atoms with Crippen molar-refractivity contribution in [2.24, 2.45) is 0 Å². The van der Waals surface area contributed by atoms with Crippen LogP contribution < -0.4 is 0 Å². The Morgan fingerprint density at radius 2 is 1.60 bits per heavy atom. The van der Waals surface area contributed by atoms with E-state index in [0.717, 1.165) is 0 Å². The van der Waals surface area contributed by atoms with E-state index in [-0.39, 0.29) is 64.9 Å². The van der Waals surface area contributed by atoms with Gasteiger partial charge in [0.2, 0.25) is 0 Å². The molecule has 0 fully saturated rings. The van der Waals surface area contributed by atoms with Gasteiger partial charge in [-0.15, -0.1) is 17.0 Å². The Kier molecular flexibility index (Phi) is 54.0. The van der Waals surface area contributed by atoms with Gasteiger partial charge < -0.3 is 5.11 Å². The largest absolute Gasteiger partial charge is 0.397 e. The molecule has 0 aromatic rings. The third kappa shape index (κ3) is 25.8. The molecular weight excluding hydrogens is 261 g/mol. The quantitative estimate of drug-likeness (QED) is 0.681. The van der Waals surface area contributed by atoms with Crippen LogP contribution in [0.25, 0.3) is 0 Å². The molecule has 3 heteroatoms. The summed E-state index contributed by atoms with van der Waals surface area (Å²) in [7, 11) is 0. The van der Waals surface area contributed by atoms with Crippen LogP contribution in [0.5, 0.6) is 0 Å².